The lowest BCUT2D eigenvalue weighted by molar-refractivity contribution is -0.288. The number of esters is 4. The van der Waals surface area contributed by atoms with Crippen LogP contribution in [0.25, 0.3) is 22.1 Å². The van der Waals surface area contributed by atoms with Gasteiger partial charge >= 0.3 is 23.9 Å². The Hall–Kier alpha value is -4.42. The fraction of sp³-hybridized carbons (Fsp3) is 0.345. The monoisotopic (exact) mass is 602 g/mol. The SMILES string of the molecule is CC(=O)OC[C@@H]1O[C@@H](Oc2ccc3c(=O)c(-c4ccc(Cl)cc4)coc3c2)[C@@H](OC(C)=O)[C@H](OC(C)=O)[C@H]1OC(C)=O. The molecule has 0 radical (unpaired) electrons. The maximum Gasteiger partial charge on any atom is 0.303 e. The third-order valence-electron chi connectivity index (χ3n) is 6.10. The van der Waals surface area contributed by atoms with Crippen molar-refractivity contribution in [1.29, 1.82) is 0 Å². The van der Waals surface area contributed by atoms with Gasteiger partial charge in [-0.1, -0.05) is 23.7 Å². The van der Waals surface area contributed by atoms with Gasteiger partial charge in [0.15, 0.2) is 17.6 Å². The Kier molecular flexibility index (Phi) is 9.48. The summed E-state index contributed by atoms with van der Waals surface area (Å²) in [4.78, 5) is 60.7. The van der Waals surface area contributed by atoms with E-state index in [1.54, 1.807) is 24.3 Å². The van der Waals surface area contributed by atoms with E-state index in [4.69, 9.17) is 44.4 Å². The fourth-order valence-corrected chi connectivity index (χ4v) is 4.55. The molecule has 1 aliphatic rings. The topological polar surface area (TPSA) is 154 Å². The minimum atomic E-state index is -1.44. The van der Waals surface area contributed by atoms with E-state index in [0.29, 0.717) is 16.1 Å². The van der Waals surface area contributed by atoms with Gasteiger partial charge in [0.25, 0.3) is 0 Å². The number of carbonyl (C=O) groups excluding carboxylic acids is 4. The molecule has 4 rings (SSSR count). The van der Waals surface area contributed by atoms with E-state index in [2.05, 4.69) is 0 Å². The zero-order chi connectivity index (χ0) is 30.6. The van der Waals surface area contributed by atoms with Gasteiger partial charge in [-0.15, -0.1) is 0 Å². The highest BCUT2D eigenvalue weighted by atomic mass is 35.5. The second kappa shape index (κ2) is 13.0. The van der Waals surface area contributed by atoms with Gasteiger partial charge < -0.3 is 32.8 Å². The molecule has 1 fully saturated rings. The zero-order valence-electron chi connectivity index (χ0n) is 23.0. The van der Waals surface area contributed by atoms with Crippen molar-refractivity contribution in [2.24, 2.45) is 0 Å². The van der Waals surface area contributed by atoms with Gasteiger partial charge in [0.05, 0.1) is 10.9 Å². The summed E-state index contributed by atoms with van der Waals surface area (Å²) in [5.74, 6) is -2.81. The standard InChI is InChI=1S/C29H27ClO12/c1-14(31)36-13-24-26(38-15(2)32)27(39-16(3)33)28(40-17(4)34)29(42-24)41-20-9-10-21-23(11-20)37-12-22(25(21)35)18-5-7-19(30)8-6-18/h5-12,24,26-29H,13H2,1-4H3/t24-,26-,27+,28-,29+/m0/s1. The van der Waals surface area contributed by atoms with Crippen LogP contribution in [0.15, 0.2) is 57.9 Å². The molecule has 3 aromatic rings. The first-order valence-corrected chi connectivity index (χ1v) is 13.1. The molecule has 0 aliphatic carbocycles. The average Bonchev–Trinajstić information content (AvgIpc) is 2.91. The summed E-state index contributed by atoms with van der Waals surface area (Å²) in [6.45, 7) is 4.13. The molecule has 222 valence electrons. The summed E-state index contributed by atoms with van der Waals surface area (Å²) < 4.78 is 38.9. The lowest BCUT2D eigenvalue weighted by Crippen LogP contribution is -2.63. The second-order valence-electron chi connectivity index (χ2n) is 9.33. The molecule has 13 heteroatoms. The molecule has 1 aliphatic heterocycles. The lowest BCUT2D eigenvalue weighted by atomic mass is 9.98. The van der Waals surface area contributed by atoms with Crippen molar-refractivity contribution >= 4 is 46.4 Å². The van der Waals surface area contributed by atoms with Crippen LogP contribution < -0.4 is 10.2 Å². The van der Waals surface area contributed by atoms with Gasteiger partial charge in [-0.3, -0.25) is 24.0 Å². The summed E-state index contributed by atoms with van der Waals surface area (Å²) in [7, 11) is 0. The van der Waals surface area contributed by atoms with Crippen LogP contribution in [0.2, 0.25) is 5.02 Å². The van der Waals surface area contributed by atoms with Crippen molar-refractivity contribution < 1.29 is 52.0 Å². The first-order valence-electron chi connectivity index (χ1n) is 12.7. The van der Waals surface area contributed by atoms with E-state index in [1.807, 2.05) is 0 Å². The Morgan fingerprint density at radius 2 is 1.43 bits per heavy atom. The van der Waals surface area contributed by atoms with Crippen LogP contribution in [0.5, 0.6) is 5.75 Å². The molecule has 0 saturated carbocycles. The molecule has 1 saturated heterocycles. The van der Waals surface area contributed by atoms with Crippen LogP contribution in [0, 0.1) is 0 Å². The van der Waals surface area contributed by atoms with E-state index in [0.717, 1.165) is 20.8 Å². The highest BCUT2D eigenvalue weighted by molar-refractivity contribution is 6.30. The maximum atomic E-state index is 13.2. The minimum absolute atomic E-state index is 0.130. The largest absolute Gasteiger partial charge is 0.463 e. The third kappa shape index (κ3) is 7.25. The Labute approximate surface area is 244 Å². The Morgan fingerprint density at radius 1 is 0.810 bits per heavy atom. The molecule has 0 unspecified atom stereocenters. The maximum absolute atomic E-state index is 13.2. The van der Waals surface area contributed by atoms with Gasteiger partial charge in [-0.05, 0) is 29.8 Å². The van der Waals surface area contributed by atoms with Crippen molar-refractivity contribution in [2.45, 2.75) is 58.4 Å². The molecule has 0 N–H and O–H groups in total. The van der Waals surface area contributed by atoms with Gasteiger partial charge in [-0.25, -0.2) is 0 Å². The van der Waals surface area contributed by atoms with E-state index in [-0.39, 0.29) is 22.1 Å². The number of fused-ring (bicyclic) bond motifs is 1. The second-order valence-corrected chi connectivity index (χ2v) is 9.77. The van der Waals surface area contributed by atoms with Gasteiger partial charge in [-0.2, -0.15) is 0 Å². The van der Waals surface area contributed by atoms with E-state index >= 15 is 0 Å². The molecule has 1 aromatic heterocycles. The predicted octanol–water partition coefficient (Wildman–Crippen LogP) is 3.58. The Morgan fingerprint density at radius 3 is 2.05 bits per heavy atom. The number of rotatable bonds is 8. The van der Waals surface area contributed by atoms with Gasteiger partial charge in [0.2, 0.25) is 12.4 Å². The summed E-state index contributed by atoms with van der Waals surface area (Å²) in [5, 5.41) is 0.782. The molecule has 5 atom stereocenters. The summed E-state index contributed by atoms with van der Waals surface area (Å²) >= 11 is 5.95. The molecular formula is C29H27ClO12. The van der Waals surface area contributed by atoms with E-state index < -0.39 is 61.2 Å². The fourth-order valence-electron chi connectivity index (χ4n) is 4.43. The number of hydrogen-bond donors (Lipinski definition) is 0. The smallest absolute Gasteiger partial charge is 0.303 e. The van der Waals surface area contributed by atoms with Crippen LogP contribution in [0.4, 0.5) is 0 Å². The molecule has 0 amide bonds. The van der Waals surface area contributed by atoms with Crippen LogP contribution in [-0.4, -0.2) is 61.2 Å². The lowest BCUT2D eigenvalue weighted by Gasteiger charge is -2.43. The molecule has 0 bridgehead atoms. The van der Waals surface area contributed by atoms with Gasteiger partial charge in [0.1, 0.15) is 30.3 Å². The number of hydrogen-bond acceptors (Lipinski definition) is 12. The molecule has 0 spiro atoms. The highest BCUT2D eigenvalue weighted by Crippen LogP contribution is 2.32. The van der Waals surface area contributed by atoms with Crippen molar-refractivity contribution in [3.05, 3.63) is 64.0 Å². The normalized spacial score (nSPS) is 21.7. The summed E-state index contributed by atoms with van der Waals surface area (Å²) in [6.07, 6.45) is -5.45. The van der Waals surface area contributed by atoms with E-state index in [9.17, 15) is 24.0 Å². The molecule has 42 heavy (non-hydrogen) atoms. The third-order valence-corrected chi connectivity index (χ3v) is 6.35. The zero-order valence-corrected chi connectivity index (χ0v) is 23.7. The average molecular weight is 603 g/mol. The predicted molar refractivity (Wildman–Crippen MR) is 146 cm³/mol. The molecule has 2 heterocycles. The number of carbonyl (C=O) groups is 4. The first-order chi connectivity index (χ1) is 19.9. The summed E-state index contributed by atoms with van der Waals surface area (Å²) in [6, 6.07) is 11.1. The Bertz CT molecular complexity index is 1550. The van der Waals surface area contributed by atoms with Crippen LogP contribution in [-0.2, 0) is 42.9 Å². The van der Waals surface area contributed by atoms with Crippen molar-refractivity contribution in [3.63, 3.8) is 0 Å². The van der Waals surface area contributed by atoms with Crippen LogP contribution in [0.1, 0.15) is 27.7 Å². The first kappa shape index (κ1) is 30.5. The van der Waals surface area contributed by atoms with Crippen LogP contribution in [0.3, 0.4) is 0 Å². The van der Waals surface area contributed by atoms with Gasteiger partial charge in [0, 0.05) is 38.8 Å². The molecule has 12 nitrogen and oxygen atoms in total. The minimum Gasteiger partial charge on any atom is -0.463 e. The molecular weight excluding hydrogens is 576 g/mol. The Balaban J connectivity index is 1.70. The van der Waals surface area contributed by atoms with Crippen LogP contribution >= 0.6 is 11.6 Å². The van der Waals surface area contributed by atoms with Crippen molar-refractivity contribution in [3.8, 4) is 16.9 Å². The highest BCUT2D eigenvalue weighted by Gasteiger charge is 2.53. The quantitative estimate of drug-likeness (QED) is 0.273. The number of benzene rings is 2. The molecule has 2 aromatic carbocycles. The van der Waals surface area contributed by atoms with Crippen molar-refractivity contribution in [2.75, 3.05) is 6.61 Å². The van der Waals surface area contributed by atoms with E-state index in [1.165, 1.54) is 31.4 Å². The number of halogens is 1. The summed E-state index contributed by atoms with van der Waals surface area (Å²) in [5.41, 5.74) is 0.832. The van der Waals surface area contributed by atoms with Crippen molar-refractivity contribution in [1.82, 2.24) is 0 Å². The number of ether oxygens (including phenoxy) is 6.